The number of aliphatic imine (C=N–C) groups is 2. The molecule has 2 aliphatic rings. The van der Waals surface area contributed by atoms with Gasteiger partial charge in [0.1, 0.15) is 39.9 Å². The van der Waals surface area contributed by atoms with Crippen LogP contribution in [-0.2, 0) is 18.9 Å². The number of guanidine groups is 2. The van der Waals surface area contributed by atoms with Gasteiger partial charge in [-0.05, 0) is 125 Å². The lowest BCUT2D eigenvalue weighted by Gasteiger charge is -2.30. The zero-order valence-electron chi connectivity index (χ0n) is 38.4. The fourth-order valence-corrected chi connectivity index (χ4v) is 6.10. The van der Waals surface area contributed by atoms with Gasteiger partial charge in [0.05, 0.1) is 5.69 Å². The van der Waals surface area contributed by atoms with Gasteiger partial charge in [-0.1, -0.05) is 18.2 Å². The van der Waals surface area contributed by atoms with Crippen molar-refractivity contribution in [3.05, 3.63) is 76.6 Å². The highest BCUT2D eigenvalue weighted by Gasteiger charge is 2.28. The number of anilines is 1. The number of nitrogens with one attached hydrogen (secondary N) is 3. The Bertz CT molecular complexity index is 2260. The fourth-order valence-electron chi connectivity index (χ4n) is 6.10. The quantitative estimate of drug-likeness (QED) is 0.151. The van der Waals surface area contributed by atoms with Gasteiger partial charge in [0, 0.05) is 48.9 Å². The smallest absolute Gasteiger partial charge is 0.437 e. The molecule has 0 fully saturated rings. The molecule has 348 valence electrons. The first-order valence-electron chi connectivity index (χ1n) is 20.6. The normalized spacial score (nSPS) is 15.4. The van der Waals surface area contributed by atoms with Gasteiger partial charge in [0.25, 0.3) is 5.91 Å². The molecular weight excluding hydrogens is 840 g/mol. The lowest BCUT2D eigenvalue weighted by Crippen LogP contribution is -2.48. The molecule has 0 saturated carbocycles. The summed E-state index contributed by atoms with van der Waals surface area (Å²) in [6, 6.07) is 5.50. The van der Waals surface area contributed by atoms with Crippen LogP contribution in [0.5, 0.6) is 0 Å². The average molecular weight is 898 g/mol. The van der Waals surface area contributed by atoms with Crippen molar-refractivity contribution in [1.82, 2.24) is 20.4 Å². The van der Waals surface area contributed by atoms with Crippen molar-refractivity contribution in [1.29, 1.82) is 0 Å². The molecule has 4 rings (SSSR count). The summed E-state index contributed by atoms with van der Waals surface area (Å²) in [4.78, 5) is 74.5. The third-order valence-corrected chi connectivity index (χ3v) is 8.65. The molecule has 19 heteroatoms. The molecule has 2 aliphatic heterocycles. The number of ether oxygens (including phenoxy) is 4. The molecule has 16 nitrogen and oxygen atoms in total. The molecule has 0 saturated heterocycles. The fraction of sp³-hybridized carbons (Fsp3) is 0.489. The van der Waals surface area contributed by atoms with Crippen LogP contribution in [0.25, 0.3) is 11.1 Å². The number of benzene rings is 2. The lowest BCUT2D eigenvalue weighted by molar-refractivity contribution is 0.0536. The number of halogens is 3. The third-order valence-electron chi connectivity index (χ3n) is 8.65. The van der Waals surface area contributed by atoms with Crippen LogP contribution < -0.4 is 16.0 Å². The van der Waals surface area contributed by atoms with Gasteiger partial charge in [-0.15, -0.1) is 9.98 Å². The summed E-state index contributed by atoms with van der Waals surface area (Å²) >= 11 is 0. The van der Waals surface area contributed by atoms with Crippen molar-refractivity contribution in [3.63, 3.8) is 0 Å². The van der Waals surface area contributed by atoms with Gasteiger partial charge >= 0.3 is 24.4 Å². The molecule has 0 aliphatic carbocycles. The summed E-state index contributed by atoms with van der Waals surface area (Å²) in [7, 11) is 0. The van der Waals surface area contributed by atoms with E-state index in [1.165, 1.54) is 17.0 Å². The van der Waals surface area contributed by atoms with Gasteiger partial charge in [-0.25, -0.2) is 32.3 Å². The lowest BCUT2D eigenvalue weighted by atomic mass is 9.97. The van der Waals surface area contributed by atoms with E-state index in [2.05, 4.69) is 25.9 Å². The zero-order valence-corrected chi connectivity index (χ0v) is 38.4. The zero-order chi connectivity index (χ0) is 47.9. The number of alkyl carbamates (subject to hydrolysis) is 2. The van der Waals surface area contributed by atoms with Gasteiger partial charge in [-0.3, -0.25) is 15.4 Å². The van der Waals surface area contributed by atoms with Gasteiger partial charge in [-0.2, -0.15) is 0 Å². The van der Waals surface area contributed by atoms with E-state index in [0.717, 1.165) is 18.2 Å². The highest BCUT2D eigenvalue weighted by atomic mass is 19.1. The van der Waals surface area contributed by atoms with Crippen LogP contribution in [0.2, 0.25) is 0 Å². The predicted molar refractivity (Wildman–Crippen MR) is 235 cm³/mol. The maximum atomic E-state index is 15.6. The Hall–Kier alpha value is -6.40. The molecule has 0 radical (unpaired) electrons. The largest absolute Gasteiger partial charge is 0.444 e. The molecule has 0 aromatic heterocycles. The molecule has 64 heavy (non-hydrogen) atoms. The summed E-state index contributed by atoms with van der Waals surface area (Å²) in [6.07, 6.45) is 0.0719. The van der Waals surface area contributed by atoms with Gasteiger partial charge in [0.15, 0.2) is 0 Å². The molecule has 0 spiro atoms. The first-order chi connectivity index (χ1) is 29.4. The Balaban J connectivity index is 1.46. The molecule has 2 aromatic carbocycles. The number of rotatable bonds is 4. The SMILES string of the molecule is CC(C)(C)OC(=O)N=C(NC(=O)OC(C)(C)C)N1CC=C(c2ccc(C(=O)Nc3cc(F)c(C4=CCN(C(=NC(=O)OC(C)(C)C)NC(=O)OC(C)(C)C)CC4)cc3F)cc2F)CC1. The monoisotopic (exact) mass is 897 g/mol. The Labute approximate surface area is 371 Å². The number of carbonyl (C=O) groups excluding carboxylic acids is 5. The highest BCUT2D eigenvalue weighted by molar-refractivity contribution is 6.05. The topological polar surface area (TPSA) is 190 Å². The maximum absolute atomic E-state index is 15.6. The van der Waals surface area contributed by atoms with E-state index in [9.17, 15) is 24.0 Å². The second-order valence-electron chi connectivity index (χ2n) is 18.9. The van der Waals surface area contributed by atoms with Crippen LogP contribution in [0.1, 0.15) is 117 Å². The predicted octanol–water partition coefficient (Wildman–Crippen LogP) is 9.17. The second-order valence-corrected chi connectivity index (χ2v) is 18.9. The minimum Gasteiger partial charge on any atom is -0.444 e. The number of hydrogen-bond donors (Lipinski definition) is 3. The molecule has 5 amide bonds. The Morgan fingerprint density at radius 2 is 0.984 bits per heavy atom. The van der Waals surface area contributed by atoms with E-state index in [1.807, 2.05) is 0 Å². The molecule has 0 bridgehead atoms. The van der Waals surface area contributed by atoms with E-state index in [0.29, 0.717) is 11.1 Å². The van der Waals surface area contributed by atoms with E-state index in [1.54, 1.807) is 100 Å². The van der Waals surface area contributed by atoms with Crippen molar-refractivity contribution in [2.75, 3.05) is 31.5 Å². The van der Waals surface area contributed by atoms with Crippen molar-refractivity contribution in [2.45, 2.75) is 118 Å². The highest BCUT2D eigenvalue weighted by Crippen LogP contribution is 2.30. The van der Waals surface area contributed by atoms with Crippen molar-refractivity contribution < 1.29 is 56.1 Å². The summed E-state index contributed by atoms with van der Waals surface area (Å²) < 4.78 is 67.9. The van der Waals surface area contributed by atoms with Crippen LogP contribution in [0.3, 0.4) is 0 Å². The van der Waals surface area contributed by atoms with Crippen LogP contribution in [-0.4, -0.2) is 101 Å². The molecule has 2 aromatic rings. The van der Waals surface area contributed by atoms with E-state index in [4.69, 9.17) is 18.9 Å². The van der Waals surface area contributed by atoms with Crippen molar-refractivity contribution in [2.24, 2.45) is 9.98 Å². The molecule has 3 N–H and O–H groups in total. The average Bonchev–Trinajstić information content (AvgIpc) is 3.12. The van der Waals surface area contributed by atoms with E-state index >= 15 is 13.2 Å². The number of hydrogen-bond acceptors (Lipinski definition) is 9. The Morgan fingerprint density at radius 3 is 1.38 bits per heavy atom. The first-order valence-corrected chi connectivity index (χ1v) is 20.6. The number of amides is 5. The summed E-state index contributed by atoms with van der Waals surface area (Å²) in [5, 5.41) is 7.29. The molecule has 0 atom stereocenters. The van der Waals surface area contributed by atoms with Gasteiger partial charge in [0.2, 0.25) is 11.9 Å². The summed E-state index contributed by atoms with van der Waals surface area (Å²) in [6.45, 7) is 20.5. The third kappa shape index (κ3) is 15.7. The van der Waals surface area contributed by atoms with E-state index < -0.39 is 75.8 Å². The Morgan fingerprint density at radius 1 is 0.562 bits per heavy atom. The summed E-state index contributed by atoms with van der Waals surface area (Å²) in [5.74, 6) is -3.69. The van der Waals surface area contributed by atoms with Gasteiger partial charge < -0.3 is 34.1 Å². The number of nitrogens with zero attached hydrogens (tertiary/aromatic N) is 4. The van der Waals surface area contributed by atoms with Crippen LogP contribution in [0.4, 0.5) is 38.0 Å². The van der Waals surface area contributed by atoms with Crippen LogP contribution in [0.15, 0.2) is 52.5 Å². The Kier molecular flexibility index (Phi) is 15.7. The molecular formula is C45H58F3N7O9. The first kappa shape index (κ1) is 50.2. The van der Waals surface area contributed by atoms with Crippen LogP contribution in [0, 0.1) is 17.5 Å². The minimum absolute atomic E-state index is 0.0394. The maximum Gasteiger partial charge on any atom is 0.437 e. The van der Waals surface area contributed by atoms with Crippen molar-refractivity contribution in [3.8, 4) is 0 Å². The summed E-state index contributed by atoms with van der Waals surface area (Å²) in [5.41, 5.74) is -2.90. The standard InChI is InChI=1S/C45H58F3N7O9/c1-42(2,3)61-38(57)50-36(51-39(58)62-43(4,5)6)54-19-15-26(16-20-54)29-14-13-28(23-31(29)46)35(56)49-34-25-32(47)30(24-33(34)48)27-17-21-55(22-18-27)37(52-40(59)63-44(7,8)9)53-41(60)64-45(10,11)12/h13-15,17,23-25H,16,18-22H2,1-12H3,(H,49,56)(H,50,51,57,58)(H,52,53,59,60). The molecule has 0 unspecified atom stereocenters. The number of carbonyl (C=O) groups is 5. The second kappa shape index (κ2) is 20.0. The van der Waals surface area contributed by atoms with Crippen LogP contribution >= 0.6 is 0 Å². The van der Waals surface area contributed by atoms with E-state index in [-0.39, 0.29) is 67.6 Å². The van der Waals surface area contributed by atoms with Crippen molar-refractivity contribution >= 4 is 59.0 Å². The minimum atomic E-state index is -0.956. The molecule has 2 heterocycles.